The maximum atomic E-state index is 8.99. The van der Waals surface area contributed by atoms with Crippen molar-refractivity contribution < 1.29 is 0 Å². The van der Waals surface area contributed by atoms with Gasteiger partial charge in [-0.05, 0) is 37.5 Å². The van der Waals surface area contributed by atoms with Gasteiger partial charge in [-0.25, -0.2) is 0 Å². The summed E-state index contributed by atoms with van der Waals surface area (Å²) in [7, 11) is 1.98. The van der Waals surface area contributed by atoms with E-state index in [1.807, 2.05) is 17.9 Å². The number of benzene rings is 1. The largest absolute Gasteiger partial charge is 0.377 e. The molecular formula is C15H15ClN4. The molecule has 1 aromatic carbocycles. The van der Waals surface area contributed by atoms with Gasteiger partial charge in [-0.1, -0.05) is 11.6 Å². The van der Waals surface area contributed by atoms with Gasteiger partial charge in [0.2, 0.25) is 0 Å². The Hall–Kier alpha value is -1.99. The lowest BCUT2D eigenvalue weighted by Crippen LogP contribution is -2.18. The van der Waals surface area contributed by atoms with E-state index < -0.39 is 0 Å². The average molecular weight is 287 g/mol. The van der Waals surface area contributed by atoms with E-state index >= 15 is 0 Å². The Morgan fingerprint density at radius 1 is 1.50 bits per heavy atom. The number of fused-ring (bicyclic) bond motifs is 1. The van der Waals surface area contributed by atoms with Crippen molar-refractivity contribution in [1.82, 2.24) is 9.78 Å². The van der Waals surface area contributed by atoms with Crippen LogP contribution in [0.25, 0.3) is 0 Å². The number of aryl methyl sites for hydroxylation is 1. The summed E-state index contributed by atoms with van der Waals surface area (Å²) in [5.41, 5.74) is 3.94. The van der Waals surface area contributed by atoms with Crippen molar-refractivity contribution in [3.8, 4) is 6.07 Å². The maximum Gasteiger partial charge on any atom is 0.0992 e. The summed E-state index contributed by atoms with van der Waals surface area (Å²) in [5, 5.41) is 17.4. The minimum Gasteiger partial charge on any atom is -0.377 e. The van der Waals surface area contributed by atoms with E-state index in [1.54, 1.807) is 18.2 Å². The van der Waals surface area contributed by atoms with E-state index in [-0.39, 0.29) is 6.04 Å². The van der Waals surface area contributed by atoms with Gasteiger partial charge in [0.05, 0.1) is 34.6 Å². The molecule has 1 aliphatic carbocycles. The van der Waals surface area contributed by atoms with E-state index in [0.29, 0.717) is 10.6 Å². The molecule has 4 nitrogen and oxygen atoms in total. The van der Waals surface area contributed by atoms with Crippen molar-refractivity contribution in [2.24, 2.45) is 7.05 Å². The molecule has 1 unspecified atom stereocenters. The van der Waals surface area contributed by atoms with Gasteiger partial charge in [0.25, 0.3) is 0 Å². The number of nitrogens with one attached hydrogen (secondary N) is 1. The SMILES string of the molecule is Cn1ncc2c1CCCC2Nc1cc(C#N)ccc1Cl. The van der Waals surface area contributed by atoms with Crippen molar-refractivity contribution >= 4 is 17.3 Å². The van der Waals surface area contributed by atoms with Crippen molar-refractivity contribution in [3.63, 3.8) is 0 Å². The van der Waals surface area contributed by atoms with Crippen LogP contribution in [0.5, 0.6) is 0 Å². The van der Waals surface area contributed by atoms with E-state index in [4.69, 9.17) is 16.9 Å². The number of nitriles is 1. The highest BCUT2D eigenvalue weighted by molar-refractivity contribution is 6.33. The van der Waals surface area contributed by atoms with Crippen LogP contribution in [-0.2, 0) is 13.5 Å². The fourth-order valence-electron chi connectivity index (χ4n) is 2.75. The fourth-order valence-corrected chi connectivity index (χ4v) is 2.92. The number of nitrogens with zero attached hydrogens (tertiary/aromatic N) is 3. The molecule has 0 spiro atoms. The van der Waals surface area contributed by atoms with Crippen LogP contribution in [-0.4, -0.2) is 9.78 Å². The van der Waals surface area contributed by atoms with Gasteiger partial charge in [0.15, 0.2) is 0 Å². The number of halogens is 1. The first-order chi connectivity index (χ1) is 9.69. The van der Waals surface area contributed by atoms with E-state index in [2.05, 4.69) is 16.5 Å². The summed E-state index contributed by atoms with van der Waals surface area (Å²) >= 11 is 6.21. The molecule has 3 rings (SSSR count). The van der Waals surface area contributed by atoms with Gasteiger partial charge in [-0.15, -0.1) is 0 Å². The van der Waals surface area contributed by atoms with Crippen molar-refractivity contribution in [3.05, 3.63) is 46.2 Å². The number of anilines is 1. The van der Waals surface area contributed by atoms with Gasteiger partial charge in [-0.2, -0.15) is 10.4 Å². The Balaban J connectivity index is 1.91. The molecule has 1 aromatic heterocycles. The molecule has 0 bridgehead atoms. The highest BCUT2D eigenvalue weighted by atomic mass is 35.5. The zero-order valence-electron chi connectivity index (χ0n) is 11.2. The van der Waals surface area contributed by atoms with Crippen LogP contribution in [0.3, 0.4) is 0 Å². The van der Waals surface area contributed by atoms with Gasteiger partial charge in [0.1, 0.15) is 0 Å². The van der Waals surface area contributed by atoms with Gasteiger partial charge in [0, 0.05) is 18.3 Å². The number of hydrogen-bond acceptors (Lipinski definition) is 3. The van der Waals surface area contributed by atoms with Crippen molar-refractivity contribution in [2.45, 2.75) is 25.3 Å². The molecule has 1 atom stereocenters. The lowest BCUT2D eigenvalue weighted by Gasteiger charge is -2.25. The lowest BCUT2D eigenvalue weighted by molar-refractivity contribution is 0.571. The molecule has 1 aliphatic rings. The molecule has 0 fully saturated rings. The Kier molecular flexibility index (Phi) is 3.37. The maximum absolute atomic E-state index is 8.99. The van der Waals surface area contributed by atoms with Crippen LogP contribution in [0.1, 0.15) is 35.7 Å². The van der Waals surface area contributed by atoms with Crippen LogP contribution in [0.2, 0.25) is 5.02 Å². The van der Waals surface area contributed by atoms with Crippen LogP contribution < -0.4 is 5.32 Å². The van der Waals surface area contributed by atoms with Crippen LogP contribution in [0.4, 0.5) is 5.69 Å². The molecule has 0 aliphatic heterocycles. The molecule has 102 valence electrons. The predicted molar refractivity (Wildman–Crippen MR) is 78.7 cm³/mol. The first-order valence-corrected chi connectivity index (χ1v) is 7.04. The first-order valence-electron chi connectivity index (χ1n) is 6.66. The third-order valence-electron chi connectivity index (χ3n) is 3.80. The van der Waals surface area contributed by atoms with E-state index in [9.17, 15) is 0 Å². The molecule has 0 saturated carbocycles. The Labute approximate surface area is 123 Å². The Morgan fingerprint density at radius 2 is 2.35 bits per heavy atom. The topological polar surface area (TPSA) is 53.6 Å². The lowest BCUT2D eigenvalue weighted by atomic mass is 9.92. The van der Waals surface area contributed by atoms with Gasteiger partial charge in [-0.3, -0.25) is 4.68 Å². The summed E-state index contributed by atoms with van der Waals surface area (Å²) in [5.74, 6) is 0. The van der Waals surface area contributed by atoms with Crippen LogP contribution >= 0.6 is 11.6 Å². The minimum atomic E-state index is 0.207. The molecule has 2 aromatic rings. The zero-order valence-corrected chi connectivity index (χ0v) is 12.0. The minimum absolute atomic E-state index is 0.207. The normalized spacial score (nSPS) is 17.4. The number of aromatic nitrogens is 2. The molecule has 1 N–H and O–H groups in total. The monoisotopic (exact) mass is 286 g/mol. The number of hydrogen-bond donors (Lipinski definition) is 1. The Morgan fingerprint density at radius 3 is 3.15 bits per heavy atom. The number of rotatable bonds is 2. The van der Waals surface area contributed by atoms with Crippen LogP contribution in [0.15, 0.2) is 24.4 Å². The zero-order chi connectivity index (χ0) is 14.1. The first kappa shape index (κ1) is 13.0. The second kappa shape index (κ2) is 5.18. The summed E-state index contributed by atoms with van der Waals surface area (Å²) in [6.07, 6.45) is 5.16. The Bertz CT molecular complexity index is 684. The quantitative estimate of drug-likeness (QED) is 0.920. The second-order valence-electron chi connectivity index (χ2n) is 5.07. The summed E-state index contributed by atoms with van der Waals surface area (Å²) in [6.45, 7) is 0. The summed E-state index contributed by atoms with van der Waals surface area (Å²) in [6, 6.07) is 7.63. The van der Waals surface area contributed by atoms with Crippen molar-refractivity contribution in [1.29, 1.82) is 5.26 Å². The van der Waals surface area contributed by atoms with E-state index in [1.165, 1.54) is 11.3 Å². The summed E-state index contributed by atoms with van der Waals surface area (Å²) < 4.78 is 1.94. The highest BCUT2D eigenvalue weighted by Crippen LogP contribution is 2.34. The third-order valence-corrected chi connectivity index (χ3v) is 4.13. The molecule has 0 amide bonds. The van der Waals surface area contributed by atoms with Crippen molar-refractivity contribution in [2.75, 3.05) is 5.32 Å². The highest BCUT2D eigenvalue weighted by Gasteiger charge is 2.23. The molecule has 0 saturated heterocycles. The van der Waals surface area contributed by atoms with Crippen LogP contribution in [0, 0.1) is 11.3 Å². The molecular weight excluding hydrogens is 272 g/mol. The van der Waals surface area contributed by atoms with Gasteiger partial charge < -0.3 is 5.32 Å². The second-order valence-corrected chi connectivity index (χ2v) is 5.47. The average Bonchev–Trinajstić information content (AvgIpc) is 2.84. The molecule has 20 heavy (non-hydrogen) atoms. The molecule has 1 heterocycles. The summed E-state index contributed by atoms with van der Waals surface area (Å²) in [4.78, 5) is 0. The molecule has 0 radical (unpaired) electrons. The predicted octanol–water partition coefficient (Wildman–Crippen LogP) is 3.43. The third kappa shape index (κ3) is 2.25. The van der Waals surface area contributed by atoms with Gasteiger partial charge >= 0.3 is 0 Å². The fraction of sp³-hybridized carbons (Fsp3) is 0.333. The standard InChI is InChI=1S/C15H15ClN4/c1-20-15-4-2-3-13(11(15)9-18-20)19-14-7-10(8-17)5-6-12(14)16/h5-7,9,13,19H,2-4H2,1H3. The van der Waals surface area contributed by atoms with E-state index in [0.717, 1.165) is 24.9 Å². The smallest absolute Gasteiger partial charge is 0.0992 e. The molecule has 5 heteroatoms.